The summed E-state index contributed by atoms with van der Waals surface area (Å²) in [5.74, 6) is -0.725. The van der Waals surface area contributed by atoms with Crippen molar-refractivity contribution in [3.63, 3.8) is 0 Å². The summed E-state index contributed by atoms with van der Waals surface area (Å²) in [5.41, 5.74) is -1.34. The minimum absolute atomic E-state index is 0.124. The van der Waals surface area contributed by atoms with Crippen molar-refractivity contribution in [3.05, 3.63) is 0 Å². The maximum absolute atomic E-state index is 11.8. The summed E-state index contributed by atoms with van der Waals surface area (Å²) >= 11 is 0. The third kappa shape index (κ3) is 3.22. The Kier molecular flexibility index (Phi) is 3.94. The van der Waals surface area contributed by atoms with Crippen LogP contribution >= 0.6 is 0 Å². The second-order valence-corrected chi connectivity index (χ2v) is 5.19. The van der Waals surface area contributed by atoms with Gasteiger partial charge in [0, 0.05) is 6.04 Å². The third-order valence-corrected chi connectivity index (χ3v) is 3.25. The van der Waals surface area contributed by atoms with E-state index in [4.69, 9.17) is 5.11 Å². The molecule has 1 atom stereocenters. The van der Waals surface area contributed by atoms with E-state index in [0.717, 1.165) is 18.8 Å². The number of carboxylic acids is 1. The molecule has 0 spiro atoms. The van der Waals surface area contributed by atoms with E-state index in [1.54, 1.807) is 0 Å². The van der Waals surface area contributed by atoms with Crippen LogP contribution in [0.1, 0.15) is 46.5 Å². The van der Waals surface area contributed by atoms with Gasteiger partial charge in [-0.15, -0.1) is 0 Å². The van der Waals surface area contributed by atoms with Crippen LogP contribution in [0.25, 0.3) is 0 Å². The van der Waals surface area contributed by atoms with Gasteiger partial charge in [-0.3, -0.25) is 9.59 Å². The summed E-state index contributed by atoms with van der Waals surface area (Å²) in [4.78, 5) is 22.7. The Balaban J connectivity index is 2.49. The summed E-state index contributed by atoms with van der Waals surface area (Å²) < 4.78 is 0. The van der Waals surface area contributed by atoms with Crippen molar-refractivity contribution in [2.24, 2.45) is 11.3 Å². The molecule has 1 fully saturated rings. The Labute approximate surface area is 96.4 Å². The van der Waals surface area contributed by atoms with Gasteiger partial charge in [0.1, 0.15) is 5.41 Å². The van der Waals surface area contributed by atoms with Crippen molar-refractivity contribution in [3.8, 4) is 0 Å². The van der Waals surface area contributed by atoms with Crippen LogP contribution in [0.4, 0.5) is 0 Å². The van der Waals surface area contributed by atoms with E-state index in [9.17, 15) is 9.59 Å². The molecule has 4 nitrogen and oxygen atoms in total. The minimum atomic E-state index is -1.34. The van der Waals surface area contributed by atoms with Crippen LogP contribution in [0.3, 0.4) is 0 Å². The molecular formula is C12H21NO3. The molecule has 0 radical (unpaired) electrons. The van der Waals surface area contributed by atoms with Gasteiger partial charge < -0.3 is 10.4 Å². The van der Waals surface area contributed by atoms with Gasteiger partial charge in [0.15, 0.2) is 0 Å². The summed E-state index contributed by atoms with van der Waals surface area (Å²) in [7, 11) is 0. The molecule has 0 aromatic heterocycles. The Morgan fingerprint density at radius 2 is 2.00 bits per heavy atom. The van der Waals surface area contributed by atoms with E-state index in [1.807, 2.05) is 6.92 Å². The van der Waals surface area contributed by atoms with Gasteiger partial charge in [0.25, 0.3) is 0 Å². The summed E-state index contributed by atoms with van der Waals surface area (Å²) in [6.07, 6.45) is 4.33. The van der Waals surface area contributed by atoms with Crippen LogP contribution in [-0.4, -0.2) is 23.0 Å². The second kappa shape index (κ2) is 4.85. The largest absolute Gasteiger partial charge is 0.480 e. The molecule has 0 heterocycles. The molecule has 0 aromatic carbocycles. The zero-order valence-electron chi connectivity index (χ0n) is 10.2. The van der Waals surface area contributed by atoms with Crippen LogP contribution in [0.15, 0.2) is 0 Å². The lowest BCUT2D eigenvalue weighted by Gasteiger charge is -2.23. The molecule has 0 aromatic rings. The van der Waals surface area contributed by atoms with Crippen LogP contribution < -0.4 is 5.32 Å². The molecule has 1 aliphatic carbocycles. The number of amides is 1. The number of nitrogens with one attached hydrogen (secondary N) is 1. The van der Waals surface area contributed by atoms with E-state index in [0.29, 0.717) is 0 Å². The van der Waals surface area contributed by atoms with Crippen LogP contribution in [0.5, 0.6) is 0 Å². The van der Waals surface area contributed by atoms with Crippen molar-refractivity contribution in [1.82, 2.24) is 5.32 Å². The summed E-state index contributed by atoms with van der Waals surface area (Å²) in [6, 6.07) is 0.124. The number of hydrogen-bond acceptors (Lipinski definition) is 2. The first-order valence-corrected chi connectivity index (χ1v) is 5.92. The molecule has 16 heavy (non-hydrogen) atoms. The molecule has 1 rings (SSSR count). The molecule has 92 valence electrons. The average molecular weight is 227 g/mol. The number of carboxylic acid groups (broad SMARTS) is 1. The van der Waals surface area contributed by atoms with Crippen LogP contribution in [-0.2, 0) is 9.59 Å². The van der Waals surface area contributed by atoms with Crippen molar-refractivity contribution < 1.29 is 14.7 Å². The van der Waals surface area contributed by atoms with Gasteiger partial charge in [0.2, 0.25) is 5.91 Å². The van der Waals surface area contributed by atoms with Crippen molar-refractivity contribution in [1.29, 1.82) is 0 Å². The molecule has 1 saturated carbocycles. The number of hydrogen-bond donors (Lipinski definition) is 2. The lowest BCUT2D eigenvalue weighted by atomic mass is 9.92. The zero-order chi connectivity index (χ0) is 12.3. The van der Waals surface area contributed by atoms with E-state index in [1.165, 1.54) is 26.7 Å². The summed E-state index contributed by atoms with van der Waals surface area (Å²) in [6.45, 7) is 4.89. The maximum atomic E-state index is 11.8. The molecule has 0 saturated heterocycles. The highest BCUT2D eigenvalue weighted by Gasteiger charge is 2.37. The standard InChI is InChI=1S/C12H21NO3/c1-4-9(7-8-5-6-8)13-10(14)12(2,3)11(15)16/h8-9H,4-7H2,1-3H3,(H,13,14)(H,15,16). The van der Waals surface area contributed by atoms with E-state index in [2.05, 4.69) is 5.32 Å². The topological polar surface area (TPSA) is 66.4 Å². The Hall–Kier alpha value is -1.06. The predicted octanol–water partition coefficient (Wildman–Crippen LogP) is 1.79. The predicted molar refractivity (Wildman–Crippen MR) is 61.0 cm³/mol. The van der Waals surface area contributed by atoms with E-state index < -0.39 is 11.4 Å². The third-order valence-electron chi connectivity index (χ3n) is 3.25. The molecule has 2 N–H and O–H groups in total. The Bertz CT molecular complexity index is 282. The fourth-order valence-corrected chi connectivity index (χ4v) is 1.55. The van der Waals surface area contributed by atoms with Gasteiger partial charge in [-0.25, -0.2) is 0 Å². The quantitative estimate of drug-likeness (QED) is 0.680. The minimum Gasteiger partial charge on any atom is -0.480 e. The zero-order valence-corrected chi connectivity index (χ0v) is 10.2. The van der Waals surface area contributed by atoms with E-state index in [-0.39, 0.29) is 11.9 Å². The van der Waals surface area contributed by atoms with Gasteiger partial charge in [-0.1, -0.05) is 19.8 Å². The molecule has 1 amide bonds. The van der Waals surface area contributed by atoms with Crippen molar-refractivity contribution in [2.75, 3.05) is 0 Å². The molecular weight excluding hydrogens is 206 g/mol. The molecule has 0 bridgehead atoms. The monoisotopic (exact) mass is 227 g/mol. The molecule has 1 unspecified atom stereocenters. The Morgan fingerprint density at radius 1 is 1.44 bits per heavy atom. The van der Waals surface area contributed by atoms with Gasteiger partial charge in [-0.2, -0.15) is 0 Å². The number of carbonyl (C=O) groups is 2. The lowest BCUT2D eigenvalue weighted by Crippen LogP contribution is -2.46. The van der Waals surface area contributed by atoms with Gasteiger partial charge in [0.05, 0.1) is 0 Å². The summed E-state index contributed by atoms with van der Waals surface area (Å²) in [5, 5.41) is 11.8. The van der Waals surface area contributed by atoms with E-state index >= 15 is 0 Å². The van der Waals surface area contributed by atoms with Gasteiger partial charge in [-0.05, 0) is 32.6 Å². The highest BCUT2D eigenvalue weighted by Crippen LogP contribution is 2.34. The molecule has 4 heteroatoms. The Morgan fingerprint density at radius 3 is 2.38 bits per heavy atom. The highest BCUT2D eigenvalue weighted by molar-refractivity contribution is 6.01. The number of aliphatic carboxylic acids is 1. The lowest BCUT2D eigenvalue weighted by molar-refractivity contribution is -0.153. The smallest absolute Gasteiger partial charge is 0.318 e. The van der Waals surface area contributed by atoms with Crippen LogP contribution in [0.2, 0.25) is 0 Å². The molecule has 1 aliphatic rings. The van der Waals surface area contributed by atoms with Crippen LogP contribution in [0, 0.1) is 11.3 Å². The number of rotatable bonds is 6. The second-order valence-electron chi connectivity index (χ2n) is 5.19. The highest BCUT2D eigenvalue weighted by atomic mass is 16.4. The fraction of sp³-hybridized carbons (Fsp3) is 0.833. The number of carbonyl (C=O) groups excluding carboxylic acids is 1. The normalized spacial score (nSPS) is 17.9. The van der Waals surface area contributed by atoms with Crippen molar-refractivity contribution in [2.45, 2.75) is 52.5 Å². The van der Waals surface area contributed by atoms with Crippen molar-refractivity contribution >= 4 is 11.9 Å². The average Bonchev–Trinajstić information content (AvgIpc) is 3.00. The SMILES string of the molecule is CCC(CC1CC1)NC(=O)C(C)(C)C(=O)O. The molecule has 0 aliphatic heterocycles. The first-order valence-electron chi connectivity index (χ1n) is 5.92. The fourth-order valence-electron chi connectivity index (χ4n) is 1.55. The van der Waals surface area contributed by atoms with Gasteiger partial charge >= 0.3 is 5.97 Å². The first-order chi connectivity index (χ1) is 7.37. The first kappa shape index (κ1) is 13.0. The maximum Gasteiger partial charge on any atom is 0.318 e.